The molecule has 3 N–H and O–H groups in total. The van der Waals surface area contributed by atoms with E-state index in [0.29, 0.717) is 22.4 Å². The summed E-state index contributed by atoms with van der Waals surface area (Å²) in [5.41, 5.74) is 2.16. The molecule has 0 fully saturated rings. The van der Waals surface area contributed by atoms with Gasteiger partial charge < -0.3 is 9.73 Å². The highest BCUT2D eigenvalue weighted by atomic mass is 32.1. The van der Waals surface area contributed by atoms with Gasteiger partial charge in [0.05, 0.1) is 0 Å². The van der Waals surface area contributed by atoms with Crippen LogP contribution in [0.25, 0.3) is 11.1 Å². The molecule has 1 heterocycles. The Morgan fingerprint density at radius 3 is 2.56 bits per heavy atom. The molecule has 0 bridgehead atoms. The SMILES string of the molecule is CC(=O)Nc1ccc2nc(NC(=S)NC(=O)c3ccccc3)oc2c1. The molecule has 3 aromatic rings. The van der Waals surface area contributed by atoms with Gasteiger partial charge in [-0.05, 0) is 36.5 Å². The van der Waals surface area contributed by atoms with Crippen molar-refractivity contribution in [3.63, 3.8) is 0 Å². The van der Waals surface area contributed by atoms with Crippen LogP contribution in [0.5, 0.6) is 0 Å². The highest BCUT2D eigenvalue weighted by Crippen LogP contribution is 2.22. The number of anilines is 2. The second kappa shape index (κ2) is 7.10. The third kappa shape index (κ3) is 4.18. The number of benzene rings is 2. The topological polar surface area (TPSA) is 96.3 Å². The Morgan fingerprint density at radius 2 is 1.84 bits per heavy atom. The minimum absolute atomic E-state index is 0.0718. The third-order valence-electron chi connectivity index (χ3n) is 3.19. The fraction of sp³-hybridized carbons (Fsp3) is 0.0588. The Balaban J connectivity index is 1.68. The Labute approximate surface area is 148 Å². The van der Waals surface area contributed by atoms with Crippen molar-refractivity contribution < 1.29 is 14.0 Å². The lowest BCUT2D eigenvalue weighted by atomic mass is 10.2. The third-order valence-corrected chi connectivity index (χ3v) is 3.40. The summed E-state index contributed by atoms with van der Waals surface area (Å²) in [5, 5.41) is 8.01. The number of hydrogen-bond donors (Lipinski definition) is 3. The number of carbonyl (C=O) groups is 2. The van der Waals surface area contributed by atoms with Gasteiger partial charge in [-0.15, -0.1) is 0 Å². The summed E-state index contributed by atoms with van der Waals surface area (Å²) in [6.45, 7) is 1.42. The first kappa shape index (κ1) is 16.6. The number of aromatic nitrogens is 1. The quantitative estimate of drug-likeness (QED) is 0.626. The first-order valence-electron chi connectivity index (χ1n) is 7.37. The number of nitrogens with one attached hydrogen (secondary N) is 3. The summed E-state index contributed by atoms with van der Waals surface area (Å²) in [6, 6.07) is 13.9. The van der Waals surface area contributed by atoms with Crippen molar-refractivity contribution in [2.24, 2.45) is 0 Å². The van der Waals surface area contributed by atoms with Gasteiger partial charge >= 0.3 is 6.01 Å². The average Bonchev–Trinajstić information content (AvgIpc) is 2.96. The predicted molar refractivity (Wildman–Crippen MR) is 98.4 cm³/mol. The molecule has 0 saturated heterocycles. The number of oxazole rings is 1. The molecule has 0 unspecified atom stereocenters. The molecule has 7 nitrogen and oxygen atoms in total. The van der Waals surface area contributed by atoms with Gasteiger partial charge in [-0.2, -0.15) is 4.98 Å². The van der Waals surface area contributed by atoms with Crippen molar-refractivity contribution in [1.29, 1.82) is 0 Å². The maximum atomic E-state index is 12.0. The van der Waals surface area contributed by atoms with Crippen LogP contribution in [0.15, 0.2) is 52.9 Å². The van der Waals surface area contributed by atoms with Crippen molar-refractivity contribution in [1.82, 2.24) is 10.3 Å². The van der Waals surface area contributed by atoms with Crippen LogP contribution in [0.2, 0.25) is 0 Å². The maximum absolute atomic E-state index is 12.0. The fourth-order valence-corrected chi connectivity index (χ4v) is 2.33. The molecule has 1 aromatic heterocycles. The first-order valence-corrected chi connectivity index (χ1v) is 7.77. The predicted octanol–water partition coefficient (Wildman–Crippen LogP) is 2.91. The molecule has 8 heteroatoms. The zero-order chi connectivity index (χ0) is 17.8. The zero-order valence-corrected chi connectivity index (χ0v) is 14.0. The number of thiocarbonyl (C=S) groups is 1. The highest BCUT2D eigenvalue weighted by molar-refractivity contribution is 7.80. The van der Waals surface area contributed by atoms with E-state index in [9.17, 15) is 9.59 Å². The van der Waals surface area contributed by atoms with Gasteiger partial charge in [0.2, 0.25) is 5.91 Å². The second-order valence-corrected chi connectivity index (χ2v) is 5.57. The second-order valence-electron chi connectivity index (χ2n) is 5.16. The molecule has 2 amide bonds. The van der Waals surface area contributed by atoms with Gasteiger partial charge in [-0.25, -0.2) is 0 Å². The van der Waals surface area contributed by atoms with Gasteiger partial charge in [-0.3, -0.25) is 20.2 Å². The maximum Gasteiger partial charge on any atom is 0.302 e. The molecule has 0 aliphatic carbocycles. The van der Waals surface area contributed by atoms with Crippen molar-refractivity contribution in [3.05, 3.63) is 54.1 Å². The summed E-state index contributed by atoms with van der Waals surface area (Å²) in [7, 11) is 0. The Kier molecular flexibility index (Phi) is 4.71. The largest absolute Gasteiger partial charge is 0.423 e. The van der Waals surface area contributed by atoms with E-state index in [0.717, 1.165) is 0 Å². The summed E-state index contributed by atoms with van der Waals surface area (Å²) in [6.07, 6.45) is 0. The Morgan fingerprint density at radius 1 is 1.08 bits per heavy atom. The molecule has 0 radical (unpaired) electrons. The monoisotopic (exact) mass is 354 g/mol. The van der Waals surface area contributed by atoms with Crippen LogP contribution in [0.4, 0.5) is 11.7 Å². The molecular weight excluding hydrogens is 340 g/mol. The van der Waals surface area contributed by atoms with E-state index < -0.39 is 0 Å². The van der Waals surface area contributed by atoms with Crippen LogP contribution >= 0.6 is 12.2 Å². The molecular formula is C17H14N4O3S. The fourth-order valence-electron chi connectivity index (χ4n) is 2.15. The summed E-state index contributed by atoms with van der Waals surface area (Å²) in [4.78, 5) is 27.4. The van der Waals surface area contributed by atoms with E-state index in [-0.39, 0.29) is 22.9 Å². The highest BCUT2D eigenvalue weighted by Gasteiger charge is 2.11. The molecule has 0 saturated carbocycles. The number of fused-ring (bicyclic) bond motifs is 1. The van der Waals surface area contributed by atoms with E-state index in [1.807, 2.05) is 6.07 Å². The minimum atomic E-state index is -0.331. The lowest BCUT2D eigenvalue weighted by Crippen LogP contribution is -2.34. The van der Waals surface area contributed by atoms with Crippen molar-refractivity contribution in [3.8, 4) is 0 Å². The van der Waals surface area contributed by atoms with Crippen molar-refractivity contribution in [2.75, 3.05) is 10.6 Å². The first-order chi connectivity index (χ1) is 12.0. The lowest BCUT2D eigenvalue weighted by Gasteiger charge is -2.06. The smallest absolute Gasteiger partial charge is 0.302 e. The molecule has 0 atom stereocenters. The van der Waals surface area contributed by atoms with E-state index in [1.54, 1.807) is 42.5 Å². The van der Waals surface area contributed by atoms with Gasteiger partial charge in [0.1, 0.15) is 5.52 Å². The molecule has 0 spiro atoms. The van der Waals surface area contributed by atoms with Gasteiger partial charge in [0.15, 0.2) is 10.7 Å². The average molecular weight is 354 g/mol. The molecule has 3 rings (SSSR count). The minimum Gasteiger partial charge on any atom is -0.423 e. The molecule has 0 aliphatic rings. The van der Waals surface area contributed by atoms with E-state index in [1.165, 1.54) is 6.92 Å². The molecule has 0 aliphatic heterocycles. The van der Waals surface area contributed by atoms with Crippen molar-refractivity contribution in [2.45, 2.75) is 6.92 Å². The summed E-state index contributed by atoms with van der Waals surface area (Å²) in [5.74, 6) is -0.510. The number of hydrogen-bond acceptors (Lipinski definition) is 5. The number of rotatable bonds is 3. The standard InChI is InChI=1S/C17H14N4O3S/c1-10(22)18-12-7-8-13-14(9-12)24-16(19-13)21-17(25)20-15(23)11-5-3-2-4-6-11/h2-9H,1H3,(H,18,22)(H2,19,20,21,23,25). The molecule has 2 aromatic carbocycles. The van der Waals surface area contributed by atoms with E-state index in [2.05, 4.69) is 20.9 Å². The van der Waals surface area contributed by atoms with Crippen molar-refractivity contribution >= 4 is 51.9 Å². The Hall–Kier alpha value is -3.26. The van der Waals surface area contributed by atoms with Gasteiger partial charge in [-0.1, -0.05) is 18.2 Å². The van der Waals surface area contributed by atoms with Gasteiger partial charge in [0, 0.05) is 24.2 Å². The van der Waals surface area contributed by atoms with Crippen LogP contribution in [0, 0.1) is 0 Å². The summed E-state index contributed by atoms with van der Waals surface area (Å²) < 4.78 is 5.54. The lowest BCUT2D eigenvalue weighted by molar-refractivity contribution is -0.114. The number of nitrogens with zero attached hydrogens (tertiary/aromatic N) is 1. The molecule has 126 valence electrons. The Bertz CT molecular complexity index is 953. The van der Waals surface area contributed by atoms with E-state index >= 15 is 0 Å². The van der Waals surface area contributed by atoms with Gasteiger partial charge in [0.25, 0.3) is 5.91 Å². The van der Waals surface area contributed by atoms with Crippen LogP contribution < -0.4 is 16.0 Å². The van der Waals surface area contributed by atoms with Crippen LogP contribution in [0.1, 0.15) is 17.3 Å². The number of amides is 2. The van der Waals surface area contributed by atoms with Crippen LogP contribution in [0.3, 0.4) is 0 Å². The van der Waals surface area contributed by atoms with Crippen LogP contribution in [-0.2, 0) is 4.79 Å². The zero-order valence-electron chi connectivity index (χ0n) is 13.2. The summed E-state index contributed by atoms with van der Waals surface area (Å²) >= 11 is 5.10. The van der Waals surface area contributed by atoms with E-state index in [4.69, 9.17) is 16.6 Å². The van der Waals surface area contributed by atoms with Crippen LogP contribution in [-0.4, -0.2) is 21.9 Å². The normalized spacial score (nSPS) is 10.3. The molecule has 25 heavy (non-hydrogen) atoms. The number of carbonyl (C=O) groups excluding carboxylic acids is 2.